The maximum atomic E-state index is 12.5. The summed E-state index contributed by atoms with van der Waals surface area (Å²) < 4.78 is 0. The smallest absolute Gasteiger partial charge is 0.339 e. The van der Waals surface area contributed by atoms with Crippen molar-refractivity contribution in [3.05, 3.63) is 23.9 Å². The number of carbonyl (C=O) groups excluding carboxylic acids is 1. The summed E-state index contributed by atoms with van der Waals surface area (Å²) in [5, 5.41) is 9.50. The molecule has 1 aromatic heterocycles. The lowest BCUT2D eigenvalue weighted by molar-refractivity contribution is -0.140. The highest BCUT2D eigenvalue weighted by molar-refractivity contribution is 5.93. The molecule has 0 bridgehead atoms. The van der Waals surface area contributed by atoms with E-state index >= 15 is 0 Å². The van der Waals surface area contributed by atoms with Crippen LogP contribution in [0, 0.1) is 5.41 Å². The van der Waals surface area contributed by atoms with Gasteiger partial charge in [0.2, 0.25) is 5.91 Å². The lowest BCUT2D eigenvalue weighted by Crippen LogP contribution is -2.56. The molecule has 6 heteroatoms. The first-order valence-corrected chi connectivity index (χ1v) is 9.81. The molecule has 2 aliphatic heterocycles. The lowest BCUT2D eigenvalue weighted by atomic mass is 9.73. The molecule has 0 aromatic carbocycles. The molecule has 1 unspecified atom stereocenters. The molecule has 3 fully saturated rings. The zero-order chi connectivity index (χ0) is 18.1. The van der Waals surface area contributed by atoms with Gasteiger partial charge >= 0.3 is 5.97 Å². The molecule has 3 aliphatic rings. The van der Waals surface area contributed by atoms with E-state index in [9.17, 15) is 14.7 Å². The van der Waals surface area contributed by atoms with Gasteiger partial charge in [0.05, 0.1) is 0 Å². The van der Waals surface area contributed by atoms with Gasteiger partial charge in [-0.3, -0.25) is 4.79 Å². The van der Waals surface area contributed by atoms with Gasteiger partial charge in [-0.25, -0.2) is 9.78 Å². The summed E-state index contributed by atoms with van der Waals surface area (Å²) in [6, 6.07) is 3.72. The van der Waals surface area contributed by atoms with Crippen molar-refractivity contribution in [1.29, 1.82) is 0 Å². The van der Waals surface area contributed by atoms with Gasteiger partial charge in [-0.2, -0.15) is 0 Å². The quantitative estimate of drug-likeness (QED) is 0.900. The van der Waals surface area contributed by atoms with Crippen molar-refractivity contribution in [3.63, 3.8) is 0 Å². The van der Waals surface area contributed by atoms with Crippen LogP contribution in [0.25, 0.3) is 0 Å². The Kier molecular flexibility index (Phi) is 4.59. The fraction of sp³-hybridized carbons (Fsp3) is 0.650. The fourth-order valence-electron chi connectivity index (χ4n) is 5.13. The molecule has 1 spiro atoms. The van der Waals surface area contributed by atoms with Gasteiger partial charge in [0.15, 0.2) is 0 Å². The van der Waals surface area contributed by atoms with Crippen LogP contribution < -0.4 is 4.90 Å². The Morgan fingerprint density at radius 1 is 1.19 bits per heavy atom. The highest BCUT2D eigenvalue weighted by Gasteiger charge is 2.44. The molecule has 4 rings (SSSR count). The number of aromatic nitrogens is 1. The Labute approximate surface area is 154 Å². The summed E-state index contributed by atoms with van der Waals surface area (Å²) in [4.78, 5) is 32.8. The van der Waals surface area contributed by atoms with Crippen molar-refractivity contribution in [3.8, 4) is 0 Å². The summed E-state index contributed by atoms with van der Waals surface area (Å²) in [7, 11) is 0. The van der Waals surface area contributed by atoms with Gasteiger partial charge in [0.25, 0.3) is 0 Å². The standard InChI is InChI=1S/C20H27N3O3/c24-17-8-10-20(14-23(17)15-5-1-2-6-15)9-4-12-22(13-20)18-16(19(25)26)7-3-11-21-18/h3,7,11,15H,1-2,4-6,8-10,12-14H2,(H,25,26). The van der Waals surface area contributed by atoms with Gasteiger partial charge in [-0.05, 0) is 44.2 Å². The highest BCUT2D eigenvalue weighted by atomic mass is 16.4. The summed E-state index contributed by atoms with van der Waals surface area (Å²) in [5.41, 5.74) is 0.339. The van der Waals surface area contributed by atoms with E-state index in [0.29, 0.717) is 24.2 Å². The molecule has 26 heavy (non-hydrogen) atoms. The normalized spacial score (nSPS) is 27.3. The predicted octanol–water partition coefficient (Wildman–Crippen LogP) is 2.93. The van der Waals surface area contributed by atoms with Crippen LogP contribution in [0.5, 0.6) is 0 Å². The Bertz CT molecular complexity index is 701. The first-order valence-electron chi connectivity index (χ1n) is 9.81. The monoisotopic (exact) mass is 357 g/mol. The Hall–Kier alpha value is -2.11. The molecule has 1 saturated carbocycles. The van der Waals surface area contributed by atoms with Crippen LogP contribution in [-0.2, 0) is 4.79 Å². The van der Waals surface area contributed by atoms with Crippen molar-refractivity contribution < 1.29 is 14.7 Å². The predicted molar refractivity (Wildman–Crippen MR) is 98.3 cm³/mol. The van der Waals surface area contributed by atoms with E-state index in [0.717, 1.165) is 51.7 Å². The first kappa shape index (κ1) is 17.3. The average molecular weight is 357 g/mol. The molecule has 6 nitrogen and oxygen atoms in total. The Morgan fingerprint density at radius 2 is 2.00 bits per heavy atom. The number of carbonyl (C=O) groups is 2. The molecule has 1 amide bonds. The van der Waals surface area contributed by atoms with Gasteiger partial charge in [0.1, 0.15) is 11.4 Å². The van der Waals surface area contributed by atoms with E-state index in [4.69, 9.17) is 0 Å². The molecular weight excluding hydrogens is 330 g/mol. The Balaban J connectivity index is 1.56. The SMILES string of the molecule is O=C(O)c1cccnc1N1CCCC2(CCC(=O)N(C3CCCC3)C2)C1. The van der Waals surface area contributed by atoms with Crippen LogP contribution in [0.2, 0.25) is 0 Å². The second-order valence-corrected chi connectivity index (χ2v) is 8.16. The summed E-state index contributed by atoms with van der Waals surface area (Å²) >= 11 is 0. The maximum Gasteiger partial charge on any atom is 0.339 e. The number of hydrogen-bond donors (Lipinski definition) is 1. The molecular formula is C20H27N3O3. The minimum atomic E-state index is -0.931. The van der Waals surface area contributed by atoms with E-state index in [2.05, 4.69) is 14.8 Å². The van der Waals surface area contributed by atoms with Crippen LogP contribution >= 0.6 is 0 Å². The van der Waals surface area contributed by atoms with Gasteiger partial charge < -0.3 is 14.9 Å². The zero-order valence-electron chi connectivity index (χ0n) is 15.2. The number of aromatic carboxylic acids is 1. The molecule has 1 N–H and O–H groups in total. The molecule has 2 saturated heterocycles. The third-order valence-electron chi connectivity index (χ3n) is 6.44. The van der Waals surface area contributed by atoms with E-state index in [1.54, 1.807) is 18.3 Å². The number of amides is 1. The van der Waals surface area contributed by atoms with Gasteiger partial charge in [-0.1, -0.05) is 12.8 Å². The molecule has 1 atom stereocenters. The van der Waals surface area contributed by atoms with Crippen molar-refractivity contribution in [1.82, 2.24) is 9.88 Å². The van der Waals surface area contributed by atoms with Crippen LogP contribution in [0.1, 0.15) is 61.7 Å². The van der Waals surface area contributed by atoms with E-state index in [1.807, 2.05) is 0 Å². The fourth-order valence-corrected chi connectivity index (χ4v) is 5.13. The summed E-state index contributed by atoms with van der Waals surface area (Å²) in [6.45, 7) is 2.44. The van der Waals surface area contributed by atoms with Crippen molar-refractivity contribution in [2.24, 2.45) is 5.41 Å². The van der Waals surface area contributed by atoms with Crippen molar-refractivity contribution in [2.45, 2.75) is 57.4 Å². The zero-order valence-corrected chi connectivity index (χ0v) is 15.2. The van der Waals surface area contributed by atoms with Crippen molar-refractivity contribution in [2.75, 3.05) is 24.5 Å². The van der Waals surface area contributed by atoms with Gasteiger partial charge in [-0.15, -0.1) is 0 Å². The first-order chi connectivity index (χ1) is 12.6. The number of piperidine rings is 2. The lowest BCUT2D eigenvalue weighted by Gasteiger charge is -2.50. The number of nitrogens with zero attached hydrogens (tertiary/aromatic N) is 3. The minimum Gasteiger partial charge on any atom is -0.478 e. The van der Waals surface area contributed by atoms with Crippen LogP contribution in [-0.4, -0.2) is 52.5 Å². The van der Waals surface area contributed by atoms with Crippen LogP contribution in [0.15, 0.2) is 18.3 Å². The second kappa shape index (κ2) is 6.89. The topological polar surface area (TPSA) is 73.7 Å². The molecule has 140 valence electrons. The number of carboxylic acids is 1. The molecule has 3 heterocycles. The van der Waals surface area contributed by atoms with E-state index in [1.165, 1.54) is 12.8 Å². The maximum absolute atomic E-state index is 12.5. The molecule has 1 aliphatic carbocycles. The summed E-state index contributed by atoms with van der Waals surface area (Å²) in [5.74, 6) is -0.0498. The molecule has 0 radical (unpaired) electrons. The highest BCUT2D eigenvalue weighted by Crippen LogP contribution is 2.42. The third kappa shape index (κ3) is 3.17. The number of anilines is 1. The number of pyridine rings is 1. The van der Waals surface area contributed by atoms with Crippen LogP contribution in [0.4, 0.5) is 5.82 Å². The summed E-state index contributed by atoms with van der Waals surface area (Å²) in [6.07, 6.45) is 10.0. The number of hydrogen-bond acceptors (Lipinski definition) is 4. The molecule has 1 aromatic rings. The number of likely N-dealkylation sites (tertiary alicyclic amines) is 1. The minimum absolute atomic E-state index is 0.0715. The number of rotatable bonds is 3. The van der Waals surface area contributed by atoms with Crippen LogP contribution in [0.3, 0.4) is 0 Å². The van der Waals surface area contributed by atoms with Gasteiger partial charge in [0, 0.05) is 43.7 Å². The third-order valence-corrected chi connectivity index (χ3v) is 6.44. The largest absolute Gasteiger partial charge is 0.478 e. The van der Waals surface area contributed by atoms with E-state index in [-0.39, 0.29) is 11.0 Å². The van der Waals surface area contributed by atoms with Crippen molar-refractivity contribution >= 4 is 17.7 Å². The number of carboxylic acid groups (broad SMARTS) is 1. The van der Waals surface area contributed by atoms with E-state index < -0.39 is 5.97 Å². The average Bonchev–Trinajstić information content (AvgIpc) is 3.19. The second-order valence-electron chi connectivity index (χ2n) is 8.16. The Morgan fingerprint density at radius 3 is 2.77 bits per heavy atom.